The van der Waals surface area contributed by atoms with Gasteiger partial charge in [-0.3, -0.25) is 19.0 Å². The number of anilines is 1. The van der Waals surface area contributed by atoms with E-state index in [-0.39, 0.29) is 29.8 Å². The van der Waals surface area contributed by atoms with Crippen LogP contribution in [0.5, 0.6) is 0 Å². The number of rotatable bonds is 4. The average Bonchev–Trinajstić information content (AvgIpc) is 3.34. The molecule has 0 unspecified atom stereocenters. The van der Waals surface area contributed by atoms with Crippen molar-refractivity contribution in [3.63, 3.8) is 0 Å². The normalized spacial score (nSPS) is 16.0. The first kappa shape index (κ1) is 20.3. The molecule has 2 amide bonds. The van der Waals surface area contributed by atoms with Gasteiger partial charge >= 0.3 is 6.18 Å². The third-order valence-electron chi connectivity index (χ3n) is 5.88. The number of alkyl halides is 3. The van der Waals surface area contributed by atoms with Crippen LogP contribution in [0.15, 0.2) is 30.6 Å². The maximum atomic E-state index is 13.2. The standard InChI is InChI=1S/C21H19F3N6O2/c1-28(17(31)6-11-2-3-11)30-9-13-7-12(4-5-14(13)20(30)32)15-8-26-19-18(25)27-16(10-29(15)19)21(22,23)24/h4-5,7-8,10-11H,2-3,6,9H2,1H3,(H2,25,27). The minimum atomic E-state index is -4.66. The molecule has 3 heterocycles. The van der Waals surface area contributed by atoms with Crippen LogP contribution in [0.3, 0.4) is 0 Å². The molecule has 1 aliphatic carbocycles. The fourth-order valence-corrected chi connectivity index (χ4v) is 3.90. The molecule has 11 heteroatoms. The van der Waals surface area contributed by atoms with Gasteiger partial charge in [0.05, 0.1) is 18.4 Å². The minimum absolute atomic E-state index is 0.108. The zero-order valence-electron chi connectivity index (χ0n) is 17.1. The zero-order chi connectivity index (χ0) is 22.8. The highest BCUT2D eigenvalue weighted by atomic mass is 19.4. The van der Waals surface area contributed by atoms with E-state index >= 15 is 0 Å². The maximum Gasteiger partial charge on any atom is 0.434 e. The van der Waals surface area contributed by atoms with Crippen LogP contribution in [-0.2, 0) is 17.5 Å². The van der Waals surface area contributed by atoms with Gasteiger partial charge in [-0.25, -0.2) is 15.0 Å². The van der Waals surface area contributed by atoms with Gasteiger partial charge in [-0.2, -0.15) is 13.2 Å². The molecule has 2 N–H and O–H groups in total. The molecule has 1 fully saturated rings. The molecule has 2 aromatic heterocycles. The van der Waals surface area contributed by atoms with E-state index in [1.807, 2.05) is 0 Å². The van der Waals surface area contributed by atoms with E-state index in [1.165, 1.54) is 20.6 Å². The summed E-state index contributed by atoms with van der Waals surface area (Å²) in [5.74, 6) is -0.331. The Hall–Kier alpha value is -3.63. The molecule has 32 heavy (non-hydrogen) atoms. The lowest BCUT2D eigenvalue weighted by Crippen LogP contribution is -2.44. The first-order valence-electron chi connectivity index (χ1n) is 10.1. The number of halogens is 3. The first-order valence-corrected chi connectivity index (χ1v) is 10.1. The molecule has 1 aromatic carbocycles. The van der Waals surface area contributed by atoms with Crippen molar-refractivity contribution in [3.05, 3.63) is 47.4 Å². The molecule has 0 spiro atoms. The summed E-state index contributed by atoms with van der Waals surface area (Å²) in [7, 11) is 1.58. The summed E-state index contributed by atoms with van der Waals surface area (Å²) < 4.78 is 40.8. The second-order valence-electron chi connectivity index (χ2n) is 8.15. The highest BCUT2D eigenvalue weighted by molar-refractivity contribution is 5.99. The number of carbonyl (C=O) groups excluding carboxylic acids is 2. The number of carbonyl (C=O) groups is 2. The van der Waals surface area contributed by atoms with E-state index in [0.29, 0.717) is 34.7 Å². The van der Waals surface area contributed by atoms with E-state index in [2.05, 4.69) is 9.97 Å². The molecular weight excluding hydrogens is 425 g/mol. The molecular formula is C21H19F3N6O2. The number of benzene rings is 1. The summed E-state index contributed by atoms with van der Waals surface area (Å²) in [4.78, 5) is 32.8. The molecule has 1 saturated carbocycles. The fourth-order valence-electron chi connectivity index (χ4n) is 3.90. The molecule has 0 radical (unpaired) electrons. The molecule has 3 aromatic rings. The highest BCUT2D eigenvalue weighted by Crippen LogP contribution is 2.35. The van der Waals surface area contributed by atoms with Crippen molar-refractivity contribution >= 4 is 23.3 Å². The van der Waals surface area contributed by atoms with Gasteiger partial charge in [0.1, 0.15) is 0 Å². The number of fused-ring (bicyclic) bond motifs is 2. The Morgan fingerprint density at radius 3 is 2.75 bits per heavy atom. The Bertz CT molecular complexity index is 1260. The van der Waals surface area contributed by atoms with Gasteiger partial charge in [0.2, 0.25) is 5.91 Å². The van der Waals surface area contributed by atoms with Crippen LogP contribution in [0.25, 0.3) is 16.9 Å². The van der Waals surface area contributed by atoms with Crippen LogP contribution in [0.1, 0.15) is 40.9 Å². The van der Waals surface area contributed by atoms with E-state index < -0.39 is 11.9 Å². The Morgan fingerprint density at radius 2 is 2.06 bits per heavy atom. The number of imidazole rings is 1. The molecule has 0 saturated heterocycles. The molecule has 8 nitrogen and oxygen atoms in total. The number of hydrazine groups is 1. The Balaban J connectivity index is 1.48. The van der Waals surface area contributed by atoms with Gasteiger partial charge in [0.15, 0.2) is 17.2 Å². The van der Waals surface area contributed by atoms with Crippen LogP contribution in [0.4, 0.5) is 19.0 Å². The highest BCUT2D eigenvalue weighted by Gasteiger charge is 2.36. The summed E-state index contributed by atoms with van der Waals surface area (Å²) in [6.45, 7) is 0.198. The molecule has 2 aliphatic rings. The van der Waals surface area contributed by atoms with E-state index in [9.17, 15) is 22.8 Å². The van der Waals surface area contributed by atoms with E-state index in [1.54, 1.807) is 25.2 Å². The molecule has 0 bridgehead atoms. The van der Waals surface area contributed by atoms with Gasteiger partial charge in [-0.05, 0) is 36.5 Å². The number of nitrogens with two attached hydrogens (primary N) is 1. The third-order valence-corrected chi connectivity index (χ3v) is 5.88. The predicted molar refractivity (Wildman–Crippen MR) is 108 cm³/mol. The first-order chi connectivity index (χ1) is 15.1. The van der Waals surface area contributed by atoms with Crippen LogP contribution in [-0.4, -0.2) is 43.2 Å². The fraction of sp³-hybridized carbons (Fsp3) is 0.333. The van der Waals surface area contributed by atoms with Crippen molar-refractivity contribution in [1.82, 2.24) is 24.4 Å². The summed E-state index contributed by atoms with van der Waals surface area (Å²) in [5, 5.41) is 2.74. The van der Waals surface area contributed by atoms with Gasteiger partial charge in [0, 0.05) is 30.8 Å². The Kier molecular flexibility index (Phi) is 4.40. The number of aromatic nitrogens is 3. The number of amides is 2. The number of hydrogen-bond donors (Lipinski definition) is 1. The predicted octanol–water partition coefficient (Wildman–Crippen LogP) is 3.13. The van der Waals surface area contributed by atoms with Crippen LogP contribution in [0, 0.1) is 5.92 Å². The van der Waals surface area contributed by atoms with Crippen molar-refractivity contribution in [2.45, 2.75) is 32.0 Å². The average molecular weight is 444 g/mol. The molecule has 5 rings (SSSR count). The lowest BCUT2D eigenvalue weighted by molar-refractivity contribution is -0.142. The monoisotopic (exact) mass is 444 g/mol. The smallest absolute Gasteiger partial charge is 0.381 e. The minimum Gasteiger partial charge on any atom is -0.381 e. The topological polar surface area (TPSA) is 96.8 Å². The van der Waals surface area contributed by atoms with E-state index in [4.69, 9.17) is 5.73 Å². The van der Waals surface area contributed by atoms with Crippen molar-refractivity contribution in [3.8, 4) is 11.3 Å². The van der Waals surface area contributed by atoms with Gasteiger partial charge in [-0.1, -0.05) is 6.07 Å². The second-order valence-corrected chi connectivity index (χ2v) is 8.15. The summed E-state index contributed by atoms with van der Waals surface area (Å²) in [6.07, 6.45) is 0.0874. The van der Waals surface area contributed by atoms with Crippen LogP contribution >= 0.6 is 0 Å². The number of hydrogen-bond acceptors (Lipinski definition) is 5. The van der Waals surface area contributed by atoms with Gasteiger partial charge in [-0.15, -0.1) is 0 Å². The second kappa shape index (κ2) is 6.94. The molecule has 1 aliphatic heterocycles. The quantitative estimate of drug-likeness (QED) is 0.667. The van der Waals surface area contributed by atoms with Crippen LogP contribution < -0.4 is 5.73 Å². The molecule has 0 atom stereocenters. The third kappa shape index (κ3) is 3.33. The van der Waals surface area contributed by atoms with Crippen molar-refractivity contribution < 1.29 is 22.8 Å². The van der Waals surface area contributed by atoms with Crippen molar-refractivity contribution in [2.75, 3.05) is 12.8 Å². The lowest BCUT2D eigenvalue weighted by Gasteiger charge is -2.27. The molecule has 166 valence electrons. The van der Waals surface area contributed by atoms with Crippen LogP contribution in [0.2, 0.25) is 0 Å². The summed E-state index contributed by atoms with van der Waals surface area (Å²) >= 11 is 0. The lowest BCUT2D eigenvalue weighted by atomic mass is 10.0. The number of nitrogen functional groups attached to an aromatic ring is 1. The summed E-state index contributed by atoms with van der Waals surface area (Å²) in [5.41, 5.74) is 6.74. The van der Waals surface area contributed by atoms with Gasteiger partial charge < -0.3 is 5.73 Å². The van der Waals surface area contributed by atoms with Gasteiger partial charge in [0.25, 0.3) is 5.91 Å². The maximum absolute atomic E-state index is 13.2. The summed E-state index contributed by atoms with van der Waals surface area (Å²) in [6, 6.07) is 4.97. The van der Waals surface area contributed by atoms with Crippen molar-refractivity contribution in [1.29, 1.82) is 0 Å². The van der Waals surface area contributed by atoms with Crippen molar-refractivity contribution in [2.24, 2.45) is 5.92 Å². The largest absolute Gasteiger partial charge is 0.434 e. The zero-order valence-corrected chi connectivity index (χ0v) is 17.1. The number of nitrogens with zero attached hydrogens (tertiary/aromatic N) is 5. The van der Waals surface area contributed by atoms with E-state index in [0.717, 1.165) is 19.0 Å². The SMILES string of the molecule is CN(C(=O)CC1CC1)N1Cc2cc(-c3cnc4c(N)nc(C(F)(F)F)cn34)ccc2C1=O. The Morgan fingerprint density at radius 1 is 1.31 bits per heavy atom. The Labute approximate surface area is 180 Å².